The maximum atomic E-state index is 6.06. The third kappa shape index (κ3) is 3.63. The maximum Gasteiger partial charge on any atom is 0.224 e. The molecular weight excluding hydrogens is 315 g/mol. The van der Waals surface area contributed by atoms with Crippen molar-refractivity contribution in [3.05, 3.63) is 16.6 Å². The minimum Gasteiger partial charge on any atom is -0.353 e. The fraction of sp³-hybridized carbons (Fsp3) is 0.615. The van der Waals surface area contributed by atoms with Crippen molar-refractivity contribution in [1.82, 2.24) is 19.7 Å². The Morgan fingerprint density at radius 3 is 3.10 bits per heavy atom. The van der Waals surface area contributed by atoms with Crippen LogP contribution in [0.3, 0.4) is 0 Å². The summed E-state index contributed by atoms with van der Waals surface area (Å²) in [6, 6.07) is 0. The van der Waals surface area contributed by atoms with Crippen molar-refractivity contribution in [3.8, 4) is 0 Å². The number of aryl methyl sites for hydroxylation is 1. The summed E-state index contributed by atoms with van der Waals surface area (Å²) in [4.78, 5) is 8.08. The van der Waals surface area contributed by atoms with Gasteiger partial charge in [-0.25, -0.2) is 9.67 Å². The zero-order valence-corrected chi connectivity index (χ0v) is 13.0. The zero-order chi connectivity index (χ0) is 14.7. The molecule has 1 saturated heterocycles. The molecule has 21 heavy (non-hydrogen) atoms. The lowest BCUT2D eigenvalue weighted by Crippen LogP contribution is -2.23. The first-order valence-electron chi connectivity index (χ1n) is 7.02. The Hall–Kier alpha value is -0.950. The first-order chi connectivity index (χ1) is 10.2. The number of aromatic nitrogens is 4. The minimum atomic E-state index is -0.0616. The van der Waals surface area contributed by atoms with Crippen molar-refractivity contribution in [2.45, 2.75) is 38.5 Å². The molecule has 1 aliphatic heterocycles. The molecular formula is C13H16Cl2N4O2. The first-order valence-corrected chi connectivity index (χ1v) is 7.77. The predicted molar refractivity (Wildman–Crippen MR) is 79.5 cm³/mol. The van der Waals surface area contributed by atoms with E-state index >= 15 is 0 Å². The fourth-order valence-electron chi connectivity index (χ4n) is 2.33. The van der Waals surface area contributed by atoms with Gasteiger partial charge in [0.05, 0.1) is 12.0 Å². The monoisotopic (exact) mass is 330 g/mol. The van der Waals surface area contributed by atoms with E-state index in [4.69, 9.17) is 32.7 Å². The lowest BCUT2D eigenvalue weighted by Gasteiger charge is -2.22. The third-order valence-electron chi connectivity index (χ3n) is 3.37. The van der Waals surface area contributed by atoms with Crippen molar-refractivity contribution in [1.29, 1.82) is 0 Å². The van der Waals surface area contributed by atoms with E-state index in [1.807, 2.05) is 0 Å². The maximum absolute atomic E-state index is 6.06. The van der Waals surface area contributed by atoms with Gasteiger partial charge in [-0.1, -0.05) is 11.6 Å². The molecule has 1 unspecified atom stereocenters. The number of rotatable bonds is 5. The quantitative estimate of drug-likeness (QED) is 0.622. The Balaban J connectivity index is 1.56. The van der Waals surface area contributed by atoms with E-state index < -0.39 is 0 Å². The smallest absolute Gasteiger partial charge is 0.224 e. The van der Waals surface area contributed by atoms with Gasteiger partial charge in [-0.05, 0) is 37.3 Å². The standard InChI is InChI=1S/C13H16Cl2N4O2/c14-11-9-8-16-13(15)17-12(9)19(18-11)5-3-7-21-10-4-1-2-6-20-10/h8,10H,1-7H2. The molecule has 0 spiro atoms. The summed E-state index contributed by atoms with van der Waals surface area (Å²) < 4.78 is 12.9. The molecule has 3 heterocycles. The summed E-state index contributed by atoms with van der Waals surface area (Å²) in [7, 11) is 0. The second-order valence-electron chi connectivity index (χ2n) is 4.91. The molecule has 0 amide bonds. The van der Waals surface area contributed by atoms with Crippen LogP contribution < -0.4 is 0 Å². The number of ether oxygens (including phenoxy) is 2. The predicted octanol–water partition coefficient (Wildman–Crippen LogP) is 3.07. The fourth-order valence-corrected chi connectivity index (χ4v) is 2.68. The van der Waals surface area contributed by atoms with Crippen LogP contribution in [0.4, 0.5) is 0 Å². The van der Waals surface area contributed by atoms with E-state index in [0.29, 0.717) is 29.3 Å². The van der Waals surface area contributed by atoms with Gasteiger partial charge in [0.2, 0.25) is 5.28 Å². The topological polar surface area (TPSA) is 62.1 Å². The summed E-state index contributed by atoms with van der Waals surface area (Å²) in [6.45, 7) is 2.06. The normalized spacial score (nSPS) is 19.2. The Morgan fingerprint density at radius 2 is 2.29 bits per heavy atom. The summed E-state index contributed by atoms with van der Waals surface area (Å²) in [5.74, 6) is 0. The molecule has 0 radical (unpaired) electrons. The molecule has 0 aromatic carbocycles. The largest absolute Gasteiger partial charge is 0.353 e. The summed E-state index contributed by atoms with van der Waals surface area (Å²) in [5, 5.41) is 5.53. The van der Waals surface area contributed by atoms with E-state index in [9.17, 15) is 0 Å². The van der Waals surface area contributed by atoms with Gasteiger partial charge in [0, 0.05) is 19.3 Å². The van der Waals surface area contributed by atoms with Gasteiger partial charge in [-0.2, -0.15) is 10.1 Å². The van der Waals surface area contributed by atoms with E-state index in [1.54, 1.807) is 10.9 Å². The molecule has 0 aliphatic carbocycles. The summed E-state index contributed by atoms with van der Waals surface area (Å²) >= 11 is 11.9. The molecule has 0 bridgehead atoms. The second-order valence-corrected chi connectivity index (χ2v) is 5.61. The lowest BCUT2D eigenvalue weighted by atomic mass is 10.2. The van der Waals surface area contributed by atoms with Crippen LogP contribution >= 0.6 is 23.2 Å². The van der Waals surface area contributed by atoms with E-state index in [0.717, 1.165) is 25.9 Å². The highest BCUT2D eigenvalue weighted by molar-refractivity contribution is 6.34. The molecule has 1 atom stereocenters. The van der Waals surface area contributed by atoms with Crippen molar-refractivity contribution in [2.75, 3.05) is 13.2 Å². The Kier molecular flexibility index (Phi) is 4.90. The number of nitrogens with zero attached hydrogens (tertiary/aromatic N) is 4. The highest BCUT2D eigenvalue weighted by Crippen LogP contribution is 2.21. The van der Waals surface area contributed by atoms with Gasteiger partial charge in [0.25, 0.3) is 0 Å². The summed E-state index contributed by atoms with van der Waals surface area (Å²) in [6.07, 6.45) is 5.59. The van der Waals surface area contributed by atoms with E-state index in [1.165, 1.54) is 6.42 Å². The molecule has 0 saturated carbocycles. The SMILES string of the molecule is Clc1ncc2c(Cl)nn(CCCOC3CCCCO3)c2n1. The molecule has 8 heteroatoms. The minimum absolute atomic E-state index is 0.0616. The zero-order valence-electron chi connectivity index (χ0n) is 11.5. The van der Waals surface area contributed by atoms with Crippen LogP contribution in [0.25, 0.3) is 11.0 Å². The molecule has 3 rings (SSSR count). The average molecular weight is 331 g/mol. The molecule has 1 fully saturated rings. The van der Waals surface area contributed by atoms with Crippen LogP contribution in [0.5, 0.6) is 0 Å². The van der Waals surface area contributed by atoms with Gasteiger partial charge in [-0.15, -0.1) is 0 Å². The van der Waals surface area contributed by atoms with Gasteiger partial charge >= 0.3 is 0 Å². The van der Waals surface area contributed by atoms with Crippen LogP contribution in [0, 0.1) is 0 Å². The van der Waals surface area contributed by atoms with Crippen molar-refractivity contribution in [2.24, 2.45) is 0 Å². The first kappa shape index (κ1) is 15.0. The van der Waals surface area contributed by atoms with Crippen LogP contribution in [0.1, 0.15) is 25.7 Å². The second kappa shape index (κ2) is 6.87. The molecule has 2 aromatic heterocycles. The average Bonchev–Trinajstić information content (AvgIpc) is 2.80. The van der Waals surface area contributed by atoms with Gasteiger partial charge in [0.1, 0.15) is 0 Å². The Bertz CT molecular complexity index is 613. The van der Waals surface area contributed by atoms with E-state index in [2.05, 4.69) is 15.1 Å². The molecule has 6 nitrogen and oxygen atoms in total. The number of hydrogen-bond donors (Lipinski definition) is 0. The number of hydrogen-bond acceptors (Lipinski definition) is 5. The van der Waals surface area contributed by atoms with Crippen molar-refractivity contribution < 1.29 is 9.47 Å². The lowest BCUT2D eigenvalue weighted by molar-refractivity contribution is -0.163. The Labute approximate surface area is 132 Å². The molecule has 2 aromatic rings. The molecule has 0 N–H and O–H groups in total. The number of halogens is 2. The van der Waals surface area contributed by atoms with Crippen LogP contribution in [0.15, 0.2) is 6.20 Å². The molecule has 114 valence electrons. The van der Waals surface area contributed by atoms with Crippen LogP contribution in [-0.2, 0) is 16.0 Å². The van der Waals surface area contributed by atoms with Crippen molar-refractivity contribution in [3.63, 3.8) is 0 Å². The summed E-state index contributed by atoms with van der Waals surface area (Å²) in [5.41, 5.74) is 0.647. The van der Waals surface area contributed by atoms with Gasteiger partial charge in [-0.3, -0.25) is 0 Å². The van der Waals surface area contributed by atoms with Gasteiger partial charge < -0.3 is 9.47 Å². The van der Waals surface area contributed by atoms with Crippen LogP contribution in [-0.4, -0.2) is 39.3 Å². The highest BCUT2D eigenvalue weighted by atomic mass is 35.5. The van der Waals surface area contributed by atoms with Crippen molar-refractivity contribution >= 4 is 34.2 Å². The Morgan fingerprint density at radius 1 is 1.38 bits per heavy atom. The highest BCUT2D eigenvalue weighted by Gasteiger charge is 2.14. The third-order valence-corrected chi connectivity index (χ3v) is 3.83. The van der Waals surface area contributed by atoms with E-state index in [-0.39, 0.29) is 11.6 Å². The molecule has 1 aliphatic rings. The number of fused-ring (bicyclic) bond motifs is 1. The van der Waals surface area contributed by atoms with Crippen LogP contribution in [0.2, 0.25) is 10.4 Å². The van der Waals surface area contributed by atoms with Gasteiger partial charge in [0.15, 0.2) is 17.1 Å².